The van der Waals surface area contributed by atoms with Crippen molar-refractivity contribution in [1.29, 1.82) is 0 Å². The molecule has 0 aromatic heterocycles. The summed E-state index contributed by atoms with van der Waals surface area (Å²) in [4.78, 5) is 26.7. The van der Waals surface area contributed by atoms with Gasteiger partial charge in [-0.25, -0.2) is 8.42 Å². The highest BCUT2D eigenvalue weighted by atomic mass is 35.5. The van der Waals surface area contributed by atoms with E-state index in [0.717, 1.165) is 35.8 Å². The first-order chi connectivity index (χ1) is 14.8. The number of likely N-dealkylation sites (N-methyl/N-ethyl adjacent to an activating group) is 1. The Hall–Kier alpha value is -2.42. The fourth-order valence-corrected chi connectivity index (χ4v) is 4.97. The number of halogens is 1. The van der Waals surface area contributed by atoms with Gasteiger partial charge in [0.15, 0.2) is 0 Å². The third-order valence-corrected chi connectivity index (χ3v) is 7.36. The average molecular weight is 464 g/mol. The van der Waals surface area contributed by atoms with E-state index in [1.54, 1.807) is 31.2 Å². The molecule has 1 heterocycles. The van der Waals surface area contributed by atoms with Gasteiger partial charge in [0, 0.05) is 30.3 Å². The Kier molecular flexibility index (Phi) is 7.69. The van der Waals surface area contributed by atoms with E-state index in [4.69, 9.17) is 11.6 Å². The van der Waals surface area contributed by atoms with Crippen molar-refractivity contribution in [3.05, 3.63) is 59.1 Å². The first-order valence-electron chi connectivity index (χ1n) is 10.2. The molecule has 2 aromatic rings. The summed E-state index contributed by atoms with van der Waals surface area (Å²) in [6.07, 6.45) is 2.44. The Morgan fingerprint density at radius 3 is 2.23 bits per heavy atom. The first kappa shape index (κ1) is 23.2. The Morgan fingerprint density at radius 1 is 1.03 bits per heavy atom. The number of carbonyl (C=O) groups excluding carboxylic acids is 2. The maximum absolute atomic E-state index is 12.8. The average Bonchev–Trinajstić information content (AvgIpc) is 3.29. The minimum absolute atomic E-state index is 0.0820. The molecule has 7 nitrogen and oxygen atoms in total. The van der Waals surface area contributed by atoms with Crippen LogP contribution in [0.2, 0.25) is 5.02 Å². The summed E-state index contributed by atoms with van der Waals surface area (Å²) < 4.78 is 26.7. The molecular weight excluding hydrogens is 438 g/mol. The first-order valence-corrected chi connectivity index (χ1v) is 12.0. The normalized spacial score (nSPS) is 14.1. The Balaban J connectivity index is 1.58. The highest BCUT2D eigenvalue weighted by Crippen LogP contribution is 2.19. The van der Waals surface area contributed by atoms with Gasteiger partial charge in [0.2, 0.25) is 21.8 Å². The van der Waals surface area contributed by atoms with Crippen molar-refractivity contribution in [3.63, 3.8) is 0 Å². The summed E-state index contributed by atoms with van der Waals surface area (Å²) in [5, 5.41) is 3.15. The van der Waals surface area contributed by atoms with Gasteiger partial charge < -0.3 is 10.2 Å². The van der Waals surface area contributed by atoms with Gasteiger partial charge in [-0.2, -0.15) is 4.31 Å². The molecule has 1 saturated heterocycles. The summed E-state index contributed by atoms with van der Waals surface area (Å²) in [6.45, 7) is 3.15. The van der Waals surface area contributed by atoms with Crippen molar-refractivity contribution in [2.45, 2.75) is 31.1 Å². The van der Waals surface area contributed by atoms with Crippen LogP contribution >= 0.6 is 11.6 Å². The molecule has 0 spiro atoms. The fourth-order valence-electron chi connectivity index (χ4n) is 3.44. The lowest BCUT2D eigenvalue weighted by atomic mass is 10.1. The second-order valence-corrected chi connectivity index (χ2v) is 9.77. The van der Waals surface area contributed by atoms with E-state index in [9.17, 15) is 18.0 Å². The number of amides is 2. The monoisotopic (exact) mass is 463 g/mol. The van der Waals surface area contributed by atoms with Crippen LogP contribution in [0.15, 0.2) is 53.4 Å². The number of carbonyl (C=O) groups is 2. The van der Waals surface area contributed by atoms with Gasteiger partial charge in [-0.1, -0.05) is 30.7 Å². The van der Waals surface area contributed by atoms with Crippen molar-refractivity contribution >= 4 is 39.1 Å². The van der Waals surface area contributed by atoms with Gasteiger partial charge in [0.1, 0.15) is 0 Å². The van der Waals surface area contributed by atoms with Crippen molar-refractivity contribution < 1.29 is 18.0 Å². The minimum Gasteiger partial charge on any atom is -0.342 e. The van der Waals surface area contributed by atoms with E-state index in [2.05, 4.69) is 5.32 Å². The second-order valence-electron chi connectivity index (χ2n) is 7.39. The zero-order valence-corrected chi connectivity index (χ0v) is 19.0. The Morgan fingerprint density at radius 2 is 1.65 bits per heavy atom. The van der Waals surface area contributed by atoms with Crippen LogP contribution in [0, 0.1) is 0 Å². The lowest BCUT2D eigenvalue weighted by Crippen LogP contribution is -2.37. The molecule has 0 radical (unpaired) electrons. The van der Waals surface area contributed by atoms with Crippen LogP contribution in [-0.2, 0) is 26.0 Å². The number of hydrogen-bond donors (Lipinski definition) is 1. The molecule has 1 N–H and O–H groups in total. The number of likely N-dealkylation sites (tertiary alicyclic amines) is 1. The van der Waals surface area contributed by atoms with Crippen molar-refractivity contribution in [2.75, 3.05) is 31.5 Å². The highest BCUT2D eigenvalue weighted by Gasteiger charge is 2.25. The number of nitrogens with zero attached hydrogens (tertiary/aromatic N) is 2. The summed E-state index contributed by atoms with van der Waals surface area (Å²) in [5.74, 6) is -0.333. The molecule has 0 unspecified atom stereocenters. The summed E-state index contributed by atoms with van der Waals surface area (Å²) >= 11 is 5.83. The van der Waals surface area contributed by atoms with Crippen LogP contribution in [-0.4, -0.2) is 55.6 Å². The number of anilines is 1. The van der Waals surface area contributed by atoms with E-state index < -0.39 is 15.9 Å². The predicted octanol–water partition coefficient (Wildman–Crippen LogP) is 3.15. The molecule has 9 heteroatoms. The topological polar surface area (TPSA) is 86.8 Å². The maximum atomic E-state index is 12.8. The van der Waals surface area contributed by atoms with Crippen molar-refractivity contribution in [2.24, 2.45) is 0 Å². The quantitative estimate of drug-likeness (QED) is 0.651. The third-order valence-electron chi connectivity index (χ3n) is 5.18. The number of benzene rings is 2. The van der Waals surface area contributed by atoms with E-state index in [1.807, 2.05) is 4.90 Å². The van der Waals surface area contributed by atoms with Gasteiger partial charge in [-0.15, -0.1) is 0 Å². The molecule has 0 saturated carbocycles. The Bertz CT molecular complexity index is 1020. The highest BCUT2D eigenvalue weighted by molar-refractivity contribution is 7.89. The van der Waals surface area contributed by atoms with Gasteiger partial charge >= 0.3 is 0 Å². The maximum Gasteiger partial charge on any atom is 0.243 e. The molecule has 0 bridgehead atoms. The largest absolute Gasteiger partial charge is 0.342 e. The molecular formula is C22H26ClN3O4S. The molecule has 2 amide bonds. The van der Waals surface area contributed by atoms with E-state index >= 15 is 0 Å². The summed E-state index contributed by atoms with van der Waals surface area (Å²) in [7, 11) is -3.81. The van der Waals surface area contributed by atoms with Gasteiger partial charge in [0.25, 0.3) is 0 Å². The number of sulfonamides is 1. The molecule has 166 valence electrons. The lowest BCUT2D eigenvalue weighted by molar-refractivity contribution is -0.129. The van der Waals surface area contributed by atoms with Gasteiger partial charge in [0.05, 0.1) is 17.9 Å². The summed E-state index contributed by atoms with van der Waals surface area (Å²) in [6, 6.07) is 12.9. The number of hydrogen-bond acceptors (Lipinski definition) is 4. The molecule has 1 fully saturated rings. The van der Waals surface area contributed by atoms with Crippen molar-refractivity contribution in [1.82, 2.24) is 9.21 Å². The van der Waals surface area contributed by atoms with Crippen LogP contribution in [0.25, 0.3) is 0 Å². The Labute approximate surface area is 188 Å². The van der Waals surface area contributed by atoms with Crippen LogP contribution in [0.4, 0.5) is 5.69 Å². The molecule has 0 atom stereocenters. The standard InChI is InChI=1S/C22H26ClN3O4S/c1-2-26(31(29,30)20-11-7-18(23)8-12-20)16-21(27)24-19-9-5-17(6-10-19)15-22(28)25-13-3-4-14-25/h5-12H,2-4,13-16H2,1H3,(H,24,27). The molecule has 1 aliphatic rings. The van der Waals surface area contributed by atoms with E-state index in [1.165, 1.54) is 24.3 Å². The van der Waals surface area contributed by atoms with Crippen molar-refractivity contribution in [3.8, 4) is 0 Å². The molecule has 0 aliphatic carbocycles. The third kappa shape index (κ3) is 6.06. The van der Waals surface area contributed by atoms with Crippen LogP contribution in [0.3, 0.4) is 0 Å². The van der Waals surface area contributed by atoms with Crippen LogP contribution < -0.4 is 5.32 Å². The van der Waals surface area contributed by atoms with E-state index in [-0.39, 0.29) is 23.9 Å². The van der Waals surface area contributed by atoms with Gasteiger partial charge in [-0.05, 0) is 54.8 Å². The second kappa shape index (κ2) is 10.3. The number of nitrogens with one attached hydrogen (secondary N) is 1. The molecule has 1 aliphatic heterocycles. The van der Waals surface area contributed by atoms with E-state index in [0.29, 0.717) is 17.1 Å². The smallest absolute Gasteiger partial charge is 0.243 e. The molecule has 31 heavy (non-hydrogen) atoms. The van der Waals surface area contributed by atoms with Crippen LogP contribution in [0.5, 0.6) is 0 Å². The lowest BCUT2D eigenvalue weighted by Gasteiger charge is -2.20. The van der Waals surface area contributed by atoms with Gasteiger partial charge in [-0.3, -0.25) is 9.59 Å². The zero-order chi connectivity index (χ0) is 22.4. The molecule has 3 rings (SSSR count). The SMILES string of the molecule is CCN(CC(=O)Nc1ccc(CC(=O)N2CCCC2)cc1)S(=O)(=O)c1ccc(Cl)cc1. The predicted molar refractivity (Wildman–Crippen MR) is 120 cm³/mol. The zero-order valence-electron chi connectivity index (χ0n) is 17.4. The van der Waals surface area contributed by atoms with Crippen LogP contribution in [0.1, 0.15) is 25.3 Å². The summed E-state index contributed by atoms with van der Waals surface area (Å²) in [5.41, 5.74) is 1.41. The number of rotatable bonds is 8. The fraction of sp³-hybridized carbons (Fsp3) is 0.364. The minimum atomic E-state index is -3.81. The molecule has 2 aromatic carbocycles.